The number of hydrogen-bond donors (Lipinski definition) is 0. The molecular formula is C16H16ClN5O. The zero-order valence-electron chi connectivity index (χ0n) is 12.7. The number of anilines is 1. The van der Waals surface area contributed by atoms with Gasteiger partial charge in [-0.05, 0) is 18.2 Å². The van der Waals surface area contributed by atoms with E-state index in [9.17, 15) is 0 Å². The lowest BCUT2D eigenvalue weighted by Gasteiger charge is -2.27. The van der Waals surface area contributed by atoms with Gasteiger partial charge in [-0.3, -0.25) is 4.68 Å². The molecule has 1 fully saturated rings. The average Bonchev–Trinajstić information content (AvgIpc) is 2.92. The molecule has 0 aliphatic carbocycles. The average molecular weight is 330 g/mol. The fraction of sp³-hybridized carbons (Fsp3) is 0.312. The van der Waals surface area contributed by atoms with Crippen molar-refractivity contribution in [3.63, 3.8) is 0 Å². The molecule has 0 aromatic carbocycles. The molecule has 0 amide bonds. The SMILES string of the molecule is Cn1nc(-c2ccnc(N3CCOCC3)c2)c2cc(Cl)ncc21. The van der Waals surface area contributed by atoms with Crippen molar-refractivity contribution in [3.8, 4) is 11.3 Å². The van der Waals surface area contributed by atoms with Crippen LogP contribution in [0.5, 0.6) is 0 Å². The van der Waals surface area contributed by atoms with Gasteiger partial charge in [0.25, 0.3) is 0 Å². The minimum absolute atomic E-state index is 0.467. The molecule has 0 unspecified atom stereocenters. The van der Waals surface area contributed by atoms with Gasteiger partial charge in [-0.15, -0.1) is 0 Å². The summed E-state index contributed by atoms with van der Waals surface area (Å²) in [5.74, 6) is 0.949. The highest BCUT2D eigenvalue weighted by Gasteiger charge is 2.16. The quantitative estimate of drug-likeness (QED) is 0.676. The number of pyridine rings is 2. The van der Waals surface area contributed by atoms with Gasteiger partial charge in [-0.1, -0.05) is 11.6 Å². The van der Waals surface area contributed by atoms with E-state index < -0.39 is 0 Å². The lowest BCUT2D eigenvalue weighted by molar-refractivity contribution is 0.122. The molecule has 0 N–H and O–H groups in total. The number of halogens is 1. The molecule has 0 saturated carbocycles. The first-order valence-corrected chi connectivity index (χ1v) is 7.87. The molecule has 23 heavy (non-hydrogen) atoms. The highest BCUT2D eigenvalue weighted by Crippen LogP contribution is 2.30. The normalized spacial score (nSPS) is 15.3. The highest BCUT2D eigenvalue weighted by atomic mass is 35.5. The van der Waals surface area contributed by atoms with Gasteiger partial charge in [-0.25, -0.2) is 9.97 Å². The summed E-state index contributed by atoms with van der Waals surface area (Å²) in [4.78, 5) is 10.9. The minimum atomic E-state index is 0.467. The molecule has 4 rings (SSSR count). The Kier molecular flexibility index (Phi) is 3.63. The molecule has 4 heterocycles. The molecule has 3 aromatic heterocycles. The predicted octanol–water partition coefficient (Wildman–Crippen LogP) is 2.52. The summed E-state index contributed by atoms with van der Waals surface area (Å²) in [6.07, 6.45) is 3.57. The number of ether oxygens (including phenoxy) is 1. The summed E-state index contributed by atoms with van der Waals surface area (Å²) in [6, 6.07) is 5.90. The van der Waals surface area contributed by atoms with Crippen LogP contribution in [0.1, 0.15) is 0 Å². The highest BCUT2D eigenvalue weighted by molar-refractivity contribution is 6.30. The van der Waals surface area contributed by atoms with Crippen molar-refractivity contribution < 1.29 is 4.74 Å². The minimum Gasteiger partial charge on any atom is -0.378 e. The first-order chi connectivity index (χ1) is 11.2. The second kappa shape index (κ2) is 5.79. The zero-order valence-corrected chi connectivity index (χ0v) is 13.5. The van der Waals surface area contributed by atoms with Crippen LogP contribution in [0, 0.1) is 0 Å². The Balaban J connectivity index is 1.80. The Labute approximate surface area is 138 Å². The molecule has 1 aliphatic rings. The molecule has 1 aliphatic heterocycles. The van der Waals surface area contributed by atoms with E-state index in [1.54, 1.807) is 6.20 Å². The van der Waals surface area contributed by atoms with E-state index in [2.05, 4.69) is 26.0 Å². The summed E-state index contributed by atoms with van der Waals surface area (Å²) in [5.41, 5.74) is 2.87. The molecule has 118 valence electrons. The van der Waals surface area contributed by atoms with Crippen LogP contribution in [0.15, 0.2) is 30.6 Å². The molecule has 0 bridgehead atoms. The van der Waals surface area contributed by atoms with Crippen molar-refractivity contribution in [2.24, 2.45) is 7.05 Å². The number of aromatic nitrogens is 4. The van der Waals surface area contributed by atoms with Crippen LogP contribution in [0.3, 0.4) is 0 Å². The summed E-state index contributed by atoms with van der Waals surface area (Å²) in [5, 5.41) is 6.09. The van der Waals surface area contributed by atoms with Gasteiger partial charge in [0.15, 0.2) is 0 Å². The van der Waals surface area contributed by atoms with Gasteiger partial charge >= 0.3 is 0 Å². The maximum atomic E-state index is 6.06. The zero-order chi connectivity index (χ0) is 15.8. The third-order valence-corrected chi connectivity index (χ3v) is 4.26. The number of aryl methyl sites for hydroxylation is 1. The molecule has 0 radical (unpaired) electrons. The van der Waals surface area contributed by atoms with E-state index >= 15 is 0 Å². The first-order valence-electron chi connectivity index (χ1n) is 7.50. The van der Waals surface area contributed by atoms with Crippen molar-refractivity contribution in [2.75, 3.05) is 31.2 Å². The fourth-order valence-corrected chi connectivity index (χ4v) is 3.03. The van der Waals surface area contributed by atoms with Crippen LogP contribution < -0.4 is 4.90 Å². The molecule has 3 aromatic rings. The van der Waals surface area contributed by atoms with E-state index in [1.807, 2.05) is 30.1 Å². The van der Waals surface area contributed by atoms with Crippen molar-refractivity contribution in [1.29, 1.82) is 0 Å². The van der Waals surface area contributed by atoms with Crippen LogP contribution in [0.2, 0.25) is 5.15 Å². The molecule has 0 atom stereocenters. The Bertz CT molecular complexity index is 857. The van der Waals surface area contributed by atoms with E-state index in [-0.39, 0.29) is 0 Å². The van der Waals surface area contributed by atoms with Gasteiger partial charge in [-0.2, -0.15) is 5.10 Å². The Morgan fingerprint density at radius 2 is 2.00 bits per heavy atom. The number of fused-ring (bicyclic) bond motifs is 1. The maximum absolute atomic E-state index is 6.06. The van der Waals surface area contributed by atoms with Gasteiger partial charge < -0.3 is 9.64 Å². The molecule has 7 heteroatoms. The predicted molar refractivity (Wildman–Crippen MR) is 89.8 cm³/mol. The van der Waals surface area contributed by atoms with Crippen LogP contribution in [-0.4, -0.2) is 46.1 Å². The van der Waals surface area contributed by atoms with E-state index in [4.69, 9.17) is 16.3 Å². The number of nitrogens with zero attached hydrogens (tertiary/aromatic N) is 5. The standard InChI is InChI=1S/C16H16ClN5O/c1-21-13-10-19-14(17)9-12(13)16(20-21)11-2-3-18-15(8-11)22-4-6-23-7-5-22/h2-3,8-10H,4-7H2,1H3. The Morgan fingerprint density at radius 1 is 1.17 bits per heavy atom. The second-order valence-electron chi connectivity index (χ2n) is 5.50. The topological polar surface area (TPSA) is 56.1 Å². The largest absolute Gasteiger partial charge is 0.378 e. The van der Waals surface area contributed by atoms with Gasteiger partial charge in [0.05, 0.1) is 24.9 Å². The summed E-state index contributed by atoms with van der Waals surface area (Å²) in [6.45, 7) is 3.18. The van der Waals surface area contributed by atoms with Crippen LogP contribution in [0.25, 0.3) is 22.2 Å². The second-order valence-corrected chi connectivity index (χ2v) is 5.89. The maximum Gasteiger partial charge on any atom is 0.129 e. The fourth-order valence-electron chi connectivity index (χ4n) is 2.87. The van der Waals surface area contributed by atoms with Crippen LogP contribution in [0.4, 0.5) is 5.82 Å². The number of morpholine rings is 1. The summed E-state index contributed by atoms with van der Waals surface area (Å²) >= 11 is 6.06. The first kappa shape index (κ1) is 14.4. The molecule has 0 spiro atoms. The number of hydrogen-bond acceptors (Lipinski definition) is 5. The van der Waals surface area contributed by atoms with Gasteiger partial charge in [0, 0.05) is 37.3 Å². The van der Waals surface area contributed by atoms with Crippen molar-refractivity contribution >= 4 is 28.3 Å². The third kappa shape index (κ3) is 2.64. The van der Waals surface area contributed by atoms with Crippen molar-refractivity contribution in [3.05, 3.63) is 35.7 Å². The van der Waals surface area contributed by atoms with Crippen molar-refractivity contribution in [1.82, 2.24) is 19.7 Å². The Hall–Kier alpha value is -2.18. The smallest absolute Gasteiger partial charge is 0.129 e. The molecular weight excluding hydrogens is 314 g/mol. The monoisotopic (exact) mass is 329 g/mol. The van der Waals surface area contributed by atoms with E-state index in [0.717, 1.165) is 54.3 Å². The third-order valence-electron chi connectivity index (χ3n) is 4.06. The lowest BCUT2D eigenvalue weighted by Crippen LogP contribution is -2.36. The lowest BCUT2D eigenvalue weighted by atomic mass is 10.1. The van der Waals surface area contributed by atoms with Crippen LogP contribution >= 0.6 is 11.6 Å². The van der Waals surface area contributed by atoms with E-state index in [1.165, 1.54) is 0 Å². The Morgan fingerprint density at radius 3 is 2.83 bits per heavy atom. The van der Waals surface area contributed by atoms with Gasteiger partial charge in [0.1, 0.15) is 16.7 Å². The molecule has 1 saturated heterocycles. The summed E-state index contributed by atoms with van der Waals surface area (Å²) < 4.78 is 7.23. The number of rotatable bonds is 2. The summed E-state index contributed by atoms with van der Waals surface area (Å²) in [7, 11) is 1.91. The van der Waals surface area contributed by atoms with E-state index in [0.29, 0.717) is 5.15 Å². The van der Waals surface area contributed by atoms with Gasteiger partial charge in [0.2, 0.25) is 0 Å². The van der Waals surface area contributed by atoms with Crippen LogP contribution in [-0.2, 0) is 11.8 Å². The molecule has 6 nitrogen and oxygen atoms in total. The van der Waals surface area contributed by atoms with Crippen molar-refractivity contribution in [2.45, 2.75) is 0 Å².